The lowest BCUT2D eigenvalue weighted by molar-refractivity contribution is 0.241. The van der Waals surface area contributed by atoms with E-state index in [1.807, 2.05) is 6.07 Å². The molecule has 2 atom stereocenters. The van der Waals surface area contributed by atoms with Crippen LogP contribution in [-0.4, -0.2) is 36.1 Å². The zero-order chi connectivity index (χ0) is 11.7. The third-order valence-electron chi connectivity index (χ3n) is 3.97. The van der Waals surface area contributed by atoms with Gasteiger partial charge in [-0.1, -0.05) is 0 Å². The van der Waals surface area contributed by atoms with Gasteiger partial charge >= 0.3 is 0 Å². The molecule has 3 heteroatoms. The largest absolute Gasteiger partial charge is 0.469 e. The third kappa shape index (κ3) is 2.90. The highest BCUT2D eigenvalue weighted by Gasteiger charge is 2.30. The van der Waals surface area contributed by atoms with Crippen molar-refractivity contribution in [2.45, 2.75) is 50.7 Å². The number of nitrogens with one attached hydrogen (secondary N) is 1. The van der Waals surface area contributed by atoms with Crippen LogP contribution in [0.5, 0.6) is 0 Å². The second-order valence-corrected chi connectivity index (χ2v) is 5.55. The van der Waals surface area contributed by atoms with E-state index in [1.165, 1.54) is 32.4 Å². The Kier molecular flexibility index (Phi) is 3.21. The topological polar surface area (TPSA) is 28.4 Å². The quantitative estimate of drug-likeness (QED) is 0.845. The molecule has 0 aromatic carbocycles. The Bertz CT molecular complexity index is 345. The van der Waals surface area contributed by atoms with Gasteiger partial charge in [0.2, 0.25) is 0 Å². The summed E-state index contributed by atoms with van der Waals surface area (Å²) in [6, 6.07) is 6.20. The number of furan rings is 1. The smallest absolute Gasteiger partial charge is 0.105 e. The van der Waals surface area contributed by atoms with Gasteiger partial charge in [0.1, 0.15) is 5.76 Å². The minimum atomic E-state index is 0.590. The van der Waals surface area contributed by atoms with Crippen molar-refractivity contribution in [2.24, 2.45) is 0 Å². The van der Waals surface area contributed by atoms with Gasteiger partial charge in [0.15, 0.2) is 0 Å². The molecule has 1 saturated carbocycles. The first-order valence-corrected chi connectivity index (χ1v) is 6.84. The van der Waals surface area contributed by atoms with Crippen LogP contribution in [-0.2, 0) is 6.42 Å². The van der Waals surface area contributed by atoms with E-state index in [4.69, 9.17) is 4.42 Å². The van der Waals surface area contributed by atoms with Crippen molar-refractivity contribution in [3.8, 4) is 0 Å². The van der Waals surface area contributed by atoms with Crippen LogP contribution in [0.3, 0.4) is 0 Å². The van der Waals surface area contributed by atoms with E-state index >= 15 is 0 Å². The lowest BCUT2D eigenvalue weighted by Crippen LogP contribution is -2.37. The van der Waals surface area contributed by atoms with E-state index in [1.54, 1.807) is 6.26 Å². The number of hydrogen-bond donors (Lipinski definition) is 1. The second-order valence-electron chi connectivity index (χ2n) is 5.55. The van der Waals surface area contributed by atoms with Crippen molar-refractivity contribution < 1.29 is 4.42 Å². The molecule has 3 nitrogen and oxygen atoms in total. The summed E-state index contributed by atoms with van der Waals surface area (Å²) in [5.41, 5.74) is 0. The Labute approximate surface area is 103 Å². The van der Waals surface area contributed by atoms with E-state index in [2.05, 4.69) is 23.2 Å². The van der Waals surface area contributed by atoms with Gasteiger partial charge in [-0.2, -0.15) is 0 Å². The Balaban J connectivity index is 1.47. The predicted molar refractivity (Wildman–Crippen MR) is 68.0 cm³/mol. The second kappa shape index (κ2) is 4.83. The van der Waals surface area contributed by atoms with Gasteiger partial charge in [-0.3, -0.25) is 4.90 Å². The Morgan fingerprint density at radius 1 is 1.41 bits per heavy atom. The lowest BCUT2D eigenvalue weighted by Gasteiger charge is -2.23. The third-order valence-corrected chi connectivity index (χ3v) is 3.97. The molecule has 2 unspecified atom stereocenters. The first kappa shape index (κ1) is 11.3. The number of likely N-dealkylation sites (tertiary alicyclic amines) is 1. The molecule has 0 radical (unpaired) electrons. The van der Waals surface area contributed by atoms with Crippen molar-refractivity contribution in [3.05, 3.63) is 24.2 Å². The molecule has 1 aromatic heterocycles. The normalized spacial score (nSPS) is 27.5. The van der Waals surface area contributed by atoms with Crippen LogP contribution < -0.4 is 5.32 Å². The number of rotatable bonds is 5. The Morgan fingerprint density at radius 3 is 3.00 bits per heavy atom. The van der Waals surface area contributed by atoms with Gasteiger partial charge in [0.25, 0.3) is 0 Å². The van der Waals surface area contributed by atoms with Crippen LogP contribution in [0.25, 0.3) is 0 Å². The summed E-state index contributed by atoms with van der Waals surface area (Å²) in [6.45, 7) is 4.74. The molecule has 1 N–H and O–H groups in total. The van der Waals surface area contributed by atoms with E-state index in [0.29, 0.717) is 6.04 Å². The molecular formula is C14H22N2O. The zero-order valence-corrected chi connectivity index (χ0v) is 10.6. The highest BCUT2D eigenvalue weighted by Crippen LogP contribution is 2.23. The van der Waals surface area contributed by atoms with Gasteiger partial charge in [-0.05, 0) is 38.3 Å². The number of hydrogen-bond acceptors (Lipinski definition) is 3. The molecule has 0 amide bonds. The van der Waals surface area contributed by atoms with Gasteiger partial charge in [-0.15, -0.1) is 0 Å². The van der Waals surface area contributed by atoms with Crippen LogP contribution in [0, 0.1) is 0 Å². The van der Waals surface area contributed by atoms with Gasteiger partial charge in [0.05, 0.1) is 6.26 Å². The fourth-order valence-corrected chi connectivity index (χ4v) is 2.76. The summed E-state index contributed by atoms with van der Waals surface area (Å²) in [6.07, 6.45) is 6.88. The van der Waals surface area contributed by atoms with E-state index < -0.39 is 0 Å². The van der Waals surface area contributed by atoms with E-state index in [0.717, 1.165) is 24.3 Å². The monoisotopic (exact) mass is 234 g/mol. The van der Waals surface area contributed by atoms with E-state index in [9.17, 15) is 0 Å². The Hall–Kier alpha value is -0.800. The predicted octanol–water partition coefficient (Wildman–Crippen LogP) is 2.04. The summed E-state index contributed by atoms with van der Waals surface area (Å²) in [5, 5.41) is 3.73. The van der Waals surface area contributed by atoms with Crippen LogP contribution in [0.15, 0.2) is 22.8 Å². The van der Waals surface area contributed by atoms with Gasteiger partial charge in [0, 0.05) is 37.6 Å². The maximum atomic E-state index is 5.42. The molecule has 0 bridgehead atoms. The van der Waals surface area contributed by atoms with E-state index in [-0.39, 0.29) is 0 Å². The first-order chi connectivity index (χ1) is 8.31. The van der Waals surface area contributed by atoms with Gasteiger partial charge in [-0.25, -0.2) is 0 Å². The molecule has 3 rings (SSSR count). The molecule has 2 aliphatic rings. The first-order valence-electron chi connectivity index (χ1n) is 6.84. The minimum Gasteiger partial charge on any atom is -0.469 e. The van der Waals surface area contributed by atoms with Gasteiger partial charge < -0.3 is 9.73 Å². The molecule has 2 fully saturated rings. The van der Waals surface area contributed by atoms with Crippen molar-refractivity contribution in [2.75, 3.05) is 13.1 Å². The highest BCUT2D eigenvalue weighted by atomic mass is 16.3. The number of nitrogens with zero attached hydrogens (tertiary/aromatic N) is 1. The van der Waals surface area contributed by atoms with Crippen molar-refractivity contribution in [3.63, 3.8) is 0 Å². The summed E-state index contributed by atoms with van der Waals surface area (Å²) in [4.78, 5) is 2.59. The Morgan fingerprint density at radius 2 is 2.29 bits per heavy atom. The molecule has 94 valence electrons. The molecule has 1 aliphatic heterocycles. The molecule has 1 aromatic rings. The van der Waals surface area contributed by atoms with Crippen LogP contribution >= 0.6 is 0 Å². The lowest BCUT2D eigenvalue weighted by atomic mass is 10.2. The molecule has 1 aliphatic carbocycles. The molecule has 2 heterocycles. The zero-order valence-electron chi connectivity index (χ0n) is 10.6. The summed E-state index contributed by atoms with van der Waals surface area (Å²) < 4.78 is 5.42. The van der Waals surface area contributed by atoms with Crippen LogP contribution in [0.1, 0.15) is 31.9 Å². The molecule has 1 saturated heterocycles. The summed E-state index contributed by atoms with van der Waals surface area (Å²) in [5.74, 6) is 1.11. The average Bonchev–Trinajstić information content (AvgIpc) is 2.81. The fourth-order valence-electron chi connectivity index (χ4n) is 2.76. The average molecular weight is 234 g/mol. The van der Waals surface area contributed by atoms with Crippen molar-refractivity contribution in [1.82, 2.24) is 10.2 Å². The standard InChI is InChI=1S/C14H22N2O/c1-11(9-14-3-2-8-17-14)16-7-6-13(10-16)15-12-4-5-12/h2-3,8,11-13,15H,4-7,9-10H2,1H3. The van der Waals surface area contributed by atoms with Crippen molar-refractivity contribution in [1.29, 1.82) is 0 Å². The highest BCUT2D eigenvalue weighted by molar-refractivity contribution is 5.01. The summed E-state index contributed by atoms with van der Waals surface area (Å²) >= 11 is 0. The SMILES string of the molecule is CC(Cc1ccco1)N1CCC(NC2CC2)C1. The van der Waals surface area contributed by atoms with Crippen LogP contribution in [0.2, 0.25) is 0 Å². The maximum Gasteiger partial charge on any atom is 0.105 e. The summed E-state index contributed by atoms with van der Waals surface area (Å²) in [7, 11) is 0. The molecular weight excluding hydrogens is 212 g/mol. The van der Waals surface area contributed by atoms with Crippen molar-refractivity contribution >= 4 is 0 Å². The van der Waals surface area contributed by atoms with Crippen LogP contribution in [0.4, 0.5) is 0 Å². The molecule has 0 spiro atoms. The fraction of sp³-hybridized carbons (Fsp3) is 0.714. The minimum absolute atomic E-state index is 0.590. The molecule has 17 heavy (non-hydrogen) atoms. The maximum absolute atomic E-state index is 5.42.